The van der Waals surface area contributed by atoms with Gasteiger partial charge in [0.25, 0.3) is 0 Å². The number of para-hydroxylation sites is 1. The Kier molecular flexibility index (Phi) is 5.29. The van der Waals surface area contributed by atoms with Gasteiger partial charge >= 0.3 is 0 Å². The summed E-state index contributed by atoms with van der Waals surface area (Å²) < 4.78 is 23.0. The summed E-state index contributed by atoms with van der Waals surface area (Å²) in [4.78, 5) is 0. The van der Waals surface area contributed by atoms with Gasteiger partial charge in [0.2, 0.25) is 0 Å². The van der Waals surface area contributed by atoms with Crippen molar-refractivity contribution in [3.63, 3.8) is 0 Å². The zero-order valence-corrected chi connectivity index (χ0v) is 14.6. The van der Waals surface area contributed by atoms with Crippen LogP contribution in [0.4, 0.5) is 0 Å². The number of benzene rings is 2. The first kappa shape index (κ1) is 17.1. The lowest BCUT2D eigenvalue weighted by Crippen LogP contribution is -2.25. The first-order chi connectivity index (χ1) is 11.5. The standard InChI is InChI=1S/C19H21ClO4/c1-19(2)23-13-15(24-19)12-21-17-10-6-9-16(20)18(17)22-11-14-7-4-3-5-8-14/h3-10,15H,11-13H2,1-2H3/t15-/m1/s1. The monoisotopic (exact) mass is 348 g/mol. The smallest absolute Gasteiger partial charge is 0.180 e. The fourth-order valence-electron chi connectivity index (χ4n) is 2.50. The molecule has 4 nitrogen and oxygen atoms in total. The molecule has 3 rings (SSSR count). The maximum absolute atomic E-state index is 6.28. The summed E-state index contributed by atoms with van der Waals surface area (Å²) in [6.07, 6.45) is -0.110. The van der Waals surface area contributed by atoms with Crippen LogP contribution in [0.25, 0.3) is 0 Å². The quantitative estimate of drug-likeness (QED) is 0.772. The second kappa shape index (κ2) is 7.43. The SMILES string of the molecule is CC1(C)OC[C@@H](COc2cccc(Cl)c2OCc2ccccc2)O1. The summed E-state index contributed by atoms with van der Waals surface area (Å²) in [7, 11) is 0. The summed E-state index contributed by atoms with van der Waals surface area (Å²) in [5.74, 6) is 0.586. The number of hydrogen-bond donors (Lipinski definition) is 0. The van der Waals surface area contributed by atoms with E-state index in [1.54, 1.807) is 6.07 Å². The molecule has 1 atom stereocenters. The van der Waals surface area contributed by atoms with E-state index in [4.69, 9.17) is 30.5 Å². The molecule has 1 aliphatic heterocycles. The third-order valence-electron chi connectivity index (χ3n) is 3.65. The molecule has 1 saturated heterocycles. The normalized spacial score (nSPS) is 19.2. The number of rotatable bonds is 6. The third-order valence-corrected chi connectivity index (χ3v) is 3.95. The highest BCUT2D eigenvalue weighted by Crippen LogP contribution is 2.36. The Bertz CT molecular complexity index is 672. The van der Waals surface area contributed by atoms with Gasteiger partial charge in [-0.1, -0.05) is 48.0 Å². The van der Waals surface area contributed by atoms with E-state index in [0.29, 0.717) is 36.3 Å². The van der Waals surface area contributed by atoms with Gasteiger partial charge in [-0.05, 0) is 31.5 Å². The average molecular weight is 349 g/mol. The van der Waals surface area contributed by atoms with Crippen LogP contribution in [0.1, 0.15) is 19.4 Å². The van der Waals surface area contributed by atoms with Crippen LogP contribution in [0, 0.1) is 0 Å². The molecule has 24 heavy (non-hydrogen) atoms. The van der Waals surface area contributed by atoms with Gasteiger partial charge in [0.05, 0.1) is 11.6 Å². The number of halogens is 1. The Morgan fingerprint density at radius 3 is 2.58 bits per heavy atom. The lowest BCUT2D eigenvalue weighted by molar-refractivity contribution is -0.141. The molecule has 0 bridgehead atoms. The van der Waals surface area contributed by atoms with Gasteiger partial charge < -0.3 is 18.9 Å². The van der Waals surface area contributed by atoms with E-state index < -0.39 is 5.79 Å². The van der Waals surface area contributed by atoms with E-state index in [1.165, 1.54) is 0 Å². The van der Waals surface area contributed by atoms with Crippen molar-refractivity contribution in [2.24, 2.45) is 0 Å². The zero-order valence-electron chi connectivity index (χ0n) is 13.8. The minimum absolute atomic E-state index is 0.110. The van der Waals surface area contributed by atoms with Crippen molar-refractivity contribution in [2.45, 2.75) is 32.3 Å². The molecule has 1 aliphatic rings. The molecule has 0 amide bonds. The zero-order chi connectivity index (χ0) is 17.0. The largest absolute Gasteiger partial charge is 0.487 e. The molecule has 2 aromatic rings. The summed E-state index contributed by atoms with van der Waals surface area (Å²) in [6, 6.07) is 15.4. The highest BCUT2D eigenvalue weighted by molar-refractivity contribution is 6.32. The number of hydrogen-bond acceptors (Lipinski definition) is 4. The molecule has 0 aromatic heterocycles. The van der Waals surface area contributed by atoms with Crippen LogP contribution in [-0.4, -0.2) is 25.1 Å². The van der Waals surface area contributed by atoms with Crippen LogP contribution in [0.5, 0.6) is 11.5 Å². The van der Waals surface area contributed by atoms with Crippen molar-refractivity contribution in [2.75, 3.05) is 13.2 Å². The molecule has 0 radical (unpaired) electrons. The summed E-state index contributed by atoms with van der Waals surface area (Å²) in [5, 5.41) is 0.521. The highest BCUT2D eigenvalue weighted by atomic mass is 35.5. The summed E-state index contributed by atoms with van der Waals surface area (Å²) in [5.41, 5.74) is 1.07. The molecule has 0 unspecified atom stereocenters. The second-order valence-corrected chi connectivity index (χ2v) is 6.51. The first-order valence-electron chi connectivity index (χ1n) is 7.93. The predicted molar refractivity (Wildman–Crippen MR) is 92.6 cm³/mol. The molecule has 1 heterocycles. The van der Waals surface area contributed by atoms with E-state index in [-0.39, 0.29) is 6.10 Å². The maximum atomic E-state index is 6.28. The van der Waals surface area contributed by atoms with Crippen LogP contribution in [-0.2, 0) is 16.1 Å². The lowest BCUT2D eigenvalue weighted by atomic mass is 10.2. The van der Waals surface area contributed by atoms with Gasteiger partial charge in [0.1, 0.15) is 19.3 Å². The molecule has 128 valence electrons. The van der Waals surface area contributed by atoms with Crippen molar-refractivity contribution in [3.05, 3.63) is 59.1 Å². The van der Waals surface area contributed by atoms with Crippen LogP contribution in [0.15, 0.2) is 48.5 Å². The Labute approximate surface area is 147 Å². The van der Waals surface area contributed by atoms with Gasteiger partial charge in [0, 0.05) is 0 Å². The first-order valence-corrected chi connectivity index (χ1v) is 8.31. The van der Waals surface area contributed by atoms with E-state index in [0.717, 1.165) is 5.56 Å². The van der Waals surface area contributed by atoms with Crippen LogP contribution < -0.4 is 9.47 Å². The molecule has 0 aliphatic carbocycles. The van der Waals surface area contributed by atoms with Gasteiger partial charge in [0.15, 0.2) is 17.3 Å². The molecular formula is C19H21ClO4. The second-order valence-electron chi connectivity index (χ2n) is 6.10. The average Bonchev–Trinajstić information content (AvgIpc) is 2.92. The van der Waals surface area contributed by atoms with Crippen LogP contribution in [0.3, 0.4) is 0 Å². The molecule has 1 fully saturated rings. The van der Waals surface area contributed by atoms with Gasteiger partial charge in [-0.15, -0.1) is 0 Å². The predicted octanol–water partition coefficient (Wildman–Crippen LogP) is 4.45. The van der Waals surface area contributed by atoms with Crippen molar-refractivity contribution >= 4 is 11.6 Å². The van der Waals surface area contributed by atoms with E-state index in [1.807, 2.05) is 56.3 Å². The Morgan fingerprint density at radius 2 is 1.88 bits per heavy atom. The van der Waals surface area contributed by atoms with Crippen molar-refractivity contribution in [1.29, 1.82) is 0 Å². The Balaban J connectivity index is 1.64. The van der Waals surface area contributed by atoms with E-state index >= 15 is 0 Å². The lowest BCUT2D eigenvalue weighted by Gasteiger charge is -2.18. The fraction of sp³-hybridized carbons (Fsp3) is 0.368. The molecule has 0 spiro atoms. The van der Waals surface area contributed by atoms with Gasteiger partial charge in [-0.2, -0.15) is 0 Å². The van der Waals surface area contributed by atoms with Gasteiger partial charge in [-0.3, -0.25) is 0 Å². The molecule has 2 aromatic carbocycles. The number of ether oxygens (including phenoxy) is 4. The summed E-state index contributed by atoms with van der Waals surface area (Å²) >= 11 is 6.28. The van der Waals surface area contributed by atoms with Crippen LogP contribution >= 0.6 is 11.6 Å². The van der Waals surface area contributed by atoms with E-state index in [2.05, 4.69) is 0 Å². The Hall–Kier alpha value is -1.75. The van der Waals surface area contributed by atoms with Crippen molar-refractivity contribution in [1.82, 2.24) is 0 Å². The minimum atomic E-state index is -0.561. The maximum Gasteiger partial charge on any atom is 0.180 e. The van der Waals surface area contributed by atoms with E-state index in [9.17, 15) is 0 Å². The molecule has 0 saturated carbocycles. The van der Waals surface area contributed by atoms with Crippen molar-refractivity contribution < 1.29 is 18.9 Å². The third kappa shape index (κ3) is 4.41. The van der Waals surface area contributed by atoms with Crippen LogP contribution in [0.2, 0.25) is 5.02 Å². The van der Waals surface area contributed by atoms with Crippen molar-refractivity contribution in [3.8, 4) is 11.5 Å². The Morgan fingerprint density at radius 1 is 1.08 bits per heavy atom. The molecular weight excluding hydrogens is 328 g/mol. The minimum Gasteiger partial charge on any atom is -0.487 e. The van der Waals surface area contributed by atoms with Gasteiger partial charge in [-0.25, -0.2) is 0 Å². The fourth-order valence-corrected chi connectivity index (χ4v) is 2.72. The highest BCUT2D eigenvalue weighted by Gasteiger charge is 2.33. The molecule has 5 heteroatoms. The topological polar surface area (TPSA) is 36.9 Å². The summed E-state index contributed by atoms with van der Waals surface area (Å²) in [6.45, 7) is 5.10. The molecule has 0 N–H and O–H groups in total.